The second-order valence-corrected chi connectivity index (χ2v) is 9.04. The molecule has 2 atom stereocenters. The van der Waals surface area contributed by atoms with Gasteiger partial charge in [0.15, 0.2) is 0 Å². The fourth-order valence-corrected chi connectivity index (χ4v) is 4.80. The minimum absolute atomic E-state index is 0.0212. The highest BCUT2D eigenvalue weighted by molar-refractivity contribution is 5.92. The molecule has 0 unspecified atom stereocenters. The van der Waals surface area contributed by atoms with Crippen molar-refractivity contribution in [1.82, 2.24) is 24.4 Å². The number of nitrogens with zero attached hydrogens (tertiary/aromatic N) is 5. The number of aliphatic hydroxyl groups is 1. The Hall–Kier alpha value is -3.24. The fraction of sp³-hybridized carbons (Fsp3) is 0.458. The van der Waals surface area contributed by atoms with Crippen LogP contribution >= 0.6 is 0 Å². The van der Waals surface area contributed by atoms with E-state index in [4.69, 9.17) is 0 Å². The van der Waals surface area contributed by atoms with Crippen LogP contribution in [-0.4, -0.2) is 61.2 Å². The first-order chi connectivity index (χ1) is 16.5. The second-order valence-electron chi connectivity index (χ2n) is 9.04. The van der Waals surface area contributed by atoms with Crippen molar-refractivity contribution >= 4 is 22.8 Å². The number of aromatic nitrogens is 4. The summed E-state index contributed by atoms with van der Waals surface area (Å²) in [5.74, 6) is 0.980. The molecule has 1 aromatic carbocycles. The number of piperidine rings is 1. The number of nitrogens with one attached hydrogen (secondary N) is 1. The fourth-order valence-electron chi connectivity index (χ4n) is 4.80. The van der Waals surface area contributed by atoms with E-state index in [1.54, 1.807) is 12.3 Å². The van der Waals surface area contributed by atoms with Gasteiger partial charge in [0.05, 0.1) is 23.3 Å². The van der Waals surface area contributed by atoms with Crippen molar-refractivity contribution in [3.05, 3.63) is 58.2 Å². The van der Waals surface area contributed by atoms with E-state index in [1.807, 2.05) is 0 Å². The van der Waals surface area contributed by atoms with E-state index in [-0.39, 0.29) is 17.4 Å². The SMILES string of the molecule is O=C1CCc2cnc(CC[C@H]3CCN(CCn4c(=O)cnc5ccc(F)cc54)C[C@H]3O)nc2N1. The Kier molecular flexibility index (Phi) is 6.34. The quantitative estimate of drug-likeness (QED) is 0.566. The normalized spacial score (nSPS) is 20.8. The largest absolute Gasteiger partial charge is 0.392 e. The van der Waals surface area contributed by atoms with Crippen LogP contribution in [-0.2, 0) is 24.2 Å². The minimum Gasteiger partial charge on any atom is -0.392 e. The lowest BCUT2D eigenvalue weighted by Gasteiger charge is -2.36. The zero-order valence-corrected chi connectivity index (χ0v) is 18.8. The van der Waals surface area contributed by atoms with Crippen LogP contribution in [0.15, 0.2) is 35.4 Å². The van der Waals surface area contributed by atoms with Gasteiger partial charge in [-0.25, -0.2) is 19.3 Å². The lowest BCUT2D eigenvalue weighted by Crippen LogP contribution is -2.45. The van der Waals surface area contributed by atoms with E-state index in [2.05, 4.69) is 25.2 Å². The summed E-state index contributed by atoms with van der Waals surface area (Å²) in [7, 11) is 0. The molecule has 0 bridgehead atoms. The van der Waals surface area contributed by atoms with Gasteiger partial charge < -0.3 is 15.0 Å². The molecule has 0 spiro atoms. The summed E-state index contributed by atoms with van der Waals surface area (Å²) in [6.45, 7) is 2.28. The van der Waals surface area contributed by atoms with Gasteiger partial charge in [-0.05, 0) is 49.9 Å². The number of rotatable bonds is 6. The lowest BCUT2D eigenvalue weighted by atomic mass is 9.89. The zero-order valence-electron chi connectivity index (χ0n) is 18.8. The van der Waals surface area contributed by atoms with Gasteiger partial charge in [-0.3, -0.25) is 14.5 Å². The van der Waals surface area contributed by atoms with Crippen molar-refractivity contribution in [2.75, 3.05) is 25.0 Å². The number of hydrogen-bond donors (Lipinski definition) is 2. The number of benzene rings is 1. The standard InChI is InChI=1S/C24H27FN6O3/c25-17-3-4-18-19(11-17)31(23(34)13-26-18)10-9-30-8-7-15(20(32)14-30)1-5-21-27-12-16-2-6-22(33)29-24(16)28-21/h3-4,11-13,15,20,32H,1-2,5-10,14H2,(H,27,28,29,33)/t15-,20+/m0/s1. The number of hydrogen-bond acceptors (Lipinski definition) is 7. The van der Waals surface area contributed by atoms with E-state index in [0.29, 0.717) is 61.6 Å². The monoisotopic (exact) mass is 466 g/mol. The Bertz CT molecular complexity index is 1280. The minimum atomic E-state index is -0.491. The van der Waals surface area contributed by atoms with Crippen LogP contribution in [0.3, 0.4) is 0 Å². The maximum atomic E-state index is 13.7. The summed E-state index contributed by atoms with van der Waals surface area (Å²) < 4.78 is 15.3. The van der Waals surface area contributed by atoms with Gasteiger partial charge in [0.25, 0.3) is 5.56 Å². The molecule has 3 aromatic rings. The number of amides is 1. The summed E-state index contributed by atoms with van der Waals surface area (Å²) in [4.78, 5) is 39.1. The molecule has 1 amide bonds. The molecular formula is C24H27FN6O3. The van der Waals surface area contributed by atoms with E-state index in [9.17, 15) is 19.1 Å². The van der Waals surface area contributed by atoms with Crippen molar-refractivity contribution < 1.29 is 14.3 Å². The molecule has 2 aromatic heterocycles. The highest BCUT2D eigenvalue weighted by Crippen LogP contribution is 2.24. The molecule has 0 saturated carbocycles. The average molecular weight is 467 g/mol. The second kappa shape index (κ2) is 9.55. The molecule has 2 aliphatic heterocycles. The first kappa shape index (κ1) is 22.5. The Labute approximate surface area is 195 Å². The van der Waals surface area contributed by atoms with Crippen LogP contribution in [0.25, 0.3) is 11.0 Å². The molecule has 178 valence electrons. The Morgan fingerprint density at radius 3 is 2.88 bits per heavy atom. The van der Waals surface area contributed by atoms with Gasteiger partial charge in [0.1, 0.15) is 17.5 Å². The highest BCUT2D eigenvalue weighted by atomic mass is 19.1. The zero-order chi connectivity index (χ0) is 23.7. The van der Waals surface area contributed by atoms with Gasteiger partial charge in [-0.15, -0.1) is 0 Å². The topological polar surface area (TPSA) is 113 Å². The number of anilines is 1. The Balaban J connectivity index is 1.16. The van der Waals surface area contributed by atoms with Crippen molar-refractivity contribution in [1.29, 1.82) is 0 Å². The lowest BCUT2D eigenvalue weighted by molar-refractivity contribution is -0.116. The maximum Gasteiger partial charge on any atom is 0.269 e. The van der Waals surface area contributed by atoms with E-state index in [1.165, 1.54) is 22.9 Å². The third-order valence-corrected chi connectivity index (χ3v) is 6.79. The summed E-state index contributed by atoms with van der Waals surface area (Å²) >= 11 is 0. The average Bonchev–Trinajstić information content (AvgIpc) is 2.82. The summed E-state index contributed by atoms with van der Waals surface area (Å²) in [5.41, 5.74) is 1.74. The van der Waals surface area contributed by atoms with Crippen LogP contribution in [0.4, 0.5) is 10.2 Å². The number of fused-ring (bicyclic) bond motifs is 2. The molecule has 0 aliphatic carbocycles. The molecule has 5 rings (SSSR count). The van der Waals surface area contributed by atoms with E-state index in [0.717, 1.165) is 24.9 Å². The van der Waals surface area contributed by atoms with E-state index >= 15 is 0 Å². The number of β-amino-alcohol motifs (C(OH)–C–C–N with tert-alkyl or cyclic N) is 1. The maximum absolute atomic E-state index is 13.7. The molecule has 2 N–H and O–H groups in total. The van der Waals surface area contributed by atoms with Gasteiger partial charge in [-0.2, -0.15) is 0 Å². The van der Waals surface area contributed by atoms with Crippen molar-refractivity contribution in [3.8, 4) is 0 Å². The van der Waals surface area contributed by atoms with E-state index < -0.39 is 11.9 Å². The molecule has 4 heterocycles. The van der Waals surface area contributed by atoms with Gasteiger partial charge in [0.2, 0.25) is 5.91 Å². The van der Waals surface area contributed by atoms with Crippen LogP contribution in [0.1, 0.15) is 30.7 Å². The van der Waals surface area contributed by atoms with Crippen molar-refractivity contribution in [2.45, 2.75) is 44.8 Å². The Morgan fingerprint density at radius 1 is 1.15 bits per heavy atom. The predicted octanol–water partition coefficient (Wildman–Crippen LogP) is 1.53. The third-order valence-electron chi connectivity index (χ3n) is 6.79. The van der Waals surface area contributed by atoms with Crippen molar-refractivity contribution in [3.63, 3.8) is 0 Å². The number of likely N-dealkylation sites (tertiary alicyclic amines) is 1. The molecule has 0 radical (unpaired) electrons. The molecule has 34 heavy (non-hydrogen) atoms. The van der Waals surface area contributed by atoms with Crippen molar-refractivity contribution in [2.24, 2.45) is 5.92 Å². The van der Waals surface area contributed by atoms with Crippen LogP contribution in [0.2, 0.25) is 0 Å². The molecular weight excluding hydrogens is 439 g/mol. The molecule has 9 nitrogen and oxygen atoms in total. The van der Waals surface area contributed by atoms with Crippen LogP contribution in [0, 0.1) is 11.7 Å². The molecule has 1 saturated heterocycles. The number of aliphatic hydroxyl groups excluding tert-OH is 1. The van der Waals surface area contributed by atoms with Crippen LogP contribution < -0.4 is 10.9 Å². The first-order valence-electron chi connectivity index (χ1n) is 11.7. The highest BCUT2D eigenvalue weighted by Gasteiger charge is 2.28. The summed E-state index contributed by atoms with van der Waals surface area (Å²) in [6, 6.07) is 4.23. The molecule has 10 heteroatoms. The number of carbonyl (C=O) groups is 1. The number of aryl methyl sites for hydroxylation is 2. The third kappa shape index (κ3) is 4.83. The van der Waals surface area contributed by atoms with Gasteiger partial charge in [-0.1, -0.05) is 0 Å². The smallest absolute Gasteiger partial charge is 0.269 e. The summed E-state index contributed by atoms with van der Waals surface area (Å²) in [5, 5.41) is 13.5. The Morgan fingerprint density at radius 2 is 2.03 bits per heavy atom. The van der Waals surface area contributed by atoms with Gasteiger partial charge >= 0.3 is 0 Å². The van der Waals surface area contributed by atoms with Gasteiger partial charge in [0, 0.05) is 44.2 Å². The number of carbonyl (C=O) groups excluding carboxylic acids is 1. The number of halogens is 1. The molecule has 1 fully saturated rings. The van der Waals surface area contributed by atoms with Crippen LogP contribution in [0.5, 0.6) is 0 Å². The first-order valence-corrected chi connectivity index (χ1v) is 11.7. The molecule has 2 aliphatic rings. The predicted molar refractivity (Wildman–Crippen MR) is 124 cm³/mol. The summed E-state index contributed by atoms with van der Waals surface area (Å²) in [6.07, 6.45) is 5.89.